The van der Waals surface area contributed by atoms with E-state index >= 15 is 0 Å². The molecule has 1 aromatic rings. The molecule has 1 aromatic carbocycles. The number of rotatable bonds is 7. The Labute approximate surface area is 108 Å². The summed E-state index contributed by atoms with van der Waals surface area (Å²) in [6.45, 7) is 2.08. The first-order valence-corrected chi connectivity index (χ1v) is 7.87. The molecule has 94 valence electrons. The second-order valence-electron chi connectivity index (χ2n) is 3.46. The van der Waals surface area contributed by atoms with Crippen LogP contribution in [-0.2, 0) is 22.0 Å². The Bertz CT molecular complexity index is 387. The summed E-state index contributed by atoms with van der Waals surface area (Å²) in [5.74, 6) is 1.73. The summed E-state index contributed by atoms with van der Waals surface area (Å²) in [7, 11) is -0.974. The Morgan fingerprint density at radius 1 is 1.35 bits per heavy atom. The molecule has 1 atom stereocenters. The van der Waals surface area contributed by atoms with E-state index in [0.29, 0.717) is 5.75 Å². The molecule has 0 radical (unpaired) electrons. The normalized spacial score (nSPS) is 12.3. The van der Waals surface area contributed by atoms with Crippen LogP contribution >= 0.6 is 11.8 Å². The van der Waals surface area contributed by atoms with E-state index in [0.717, 1.165) is 22.0 Å². The van der Waals surface area contributed by atoms with E-state index in [2.05, 4.69) is 6.92 Å². The number of carboxylic acid groups (broad SMARTS) is 1. The maximum atomic E-state index is 11.8. The van der Waals surface area contributed by atoms with E-state index in [9.17, 15) is 9.00 Å². The molecule has 0 aromatic heterocycles. The van der Waals surface area contributed by atoms with E-state index in [-0.39, 0.29) is 6.42 Å². The Hall–Kier alpha value is -0.810. The molecular formula is C12H16O3S2. The molecule has 0 aliphatic carbocycles. The van der Waals surface area contributed by atoms with Gasteiger partial charge < -0.3 is 5.11 Å². The zero-order valence-corrected chi connectivity index (χ0v) is 11.4. The smallest absolute Gasteiger partial charge is 0.307 e. The maximum Gasteiger partial charge on any atom is 0.307 e. The van der Waals surface area contributed by atoms with Gasteiger partial charge in [-0.3, -0.25) is 9.00 Å². The lowest BCUT2D eigenvalue weighted by atomic mass is 10.2. The van der Waals surface area contributed by atoms with E-state index in [4.69, 9.17) is 5.11 Å². The predicted octanol–water partition coefficient (Wildman–Crippen LogP) is 2.17. The van der Waals surface area contributed by atoms with Crippen molar-refractivity contribution in [2.45, 2.75) is 18.2 Å². The van der Waals surface area contributed by atoms with Crippen LogP contribution in [0.1, 0.15) is 12.5 Å². The van der Waals surface area contributed by atoms with Crippen LogP contribution in [0, 0.1) is 0 Å². The summed E-state index contributed by atoms with van der Waals surface area (Å²) >= 11 is 1.77. The lowest BCUT2D eigenvalue weighted by Gasteiger charge is -2.03. The summed E-state index contributed by atoms with van der Waals surface area (Å²) in [6, 6.07) is 6.97. The molecule has 0 bridgehead atoms. The first-order chi connectivity index (χ1) is 8.13. The first kappa shape index (κ1) is 14.3. The van der Waals surface area contributed by atoms with Crippen molar-refractivity contribution in [1.29, 1.82) is 0 Å². The van der Waals surface area contributed by atoms with Crippen LogP contribution in [-0.4, -0.2) is 32.5 Å². The van der Waals surface area contributed by atoms with Gasteiger partial charge in [0.05, 0.1) is 17.2 Å². The third-order valence-electron chi connectivity index (χ3n) is 2.16. The van der Waals surface area contributed by atoms with Gasteiger partial charge in [0.25, 0.3) is 0 Å². The number of carbonyl (C=O) groups is 1. The standard InChI is InChI=1S/C12H16O3S2/c1-2-16-7-8-17(15)11-5-3-10(4-6-11)9-12(13)14/h3-6H,2,7-9H2,1H3,(H,13,14). The van der Waals surface area contributed by atoms with Gasteiger partial charge in [0, 0.05) is 16.4 Å². The minimum Gasteiger partial charge on any atom is -0.481 e. The molecule has 1 unspecified atom stereocenters. The van der Waals surface area contributed by atoms with Crippen LogP contribution in [0.4, 0.5) is 0 Å². The van der Waals surface area contributed by atoms with Gasteiger partial charge in [0.1, 0.15) is 0 Å². The number of thioether (sulfide) groups is 1. The molecule has 0 heterocycles. The predicted molar refractivity (Wildman–Crippen MR) is 72.1 cm³/mol. The van der Waals surface area contributed by atoms with Crippen molar-refractivity contribution < 1.29 is 14.1 Å². The minimum absolute atomic E-state index is 0.0125. The fourth-order valence-corrected chi connectivity index (χ4v) is 3.37. The summed E-state index contributed by atoms with van der Waals surface area (Å²) in [5.41, 5.74) is 0.737. The van der Waals surface area contributed by atoms with Crippen LogP contribution in [0.25, 0.3) is 0 Å². The molecule has 1 rings (SSSR count). The molecule has 0 amide bonds. The van der Waals surface area contributed by atoms with E-state index in [1.54, 1.807) is 36.0 Å². The monoisotopic (exact) mass is 272 g/mol. The number of benzene rings is 1. The molecule has 1 N–H and O–H groups in total. The lowest BCUT2D eigenvalue weighted by Crippen LogP contribution is -2.03. The third kappa shape index (κ3) is 5.37. The van der Waals surface area contributed by atoms with Crippen molar-refractivity contribution in [3.63, 3.8) is 0 Å². The molecule has 0 saturated carbocycles. The fourth-order valence-electron chi connectivity index (χ4n) is 1.33. The number of hydrogen-bond acceptors (Lipinski definition) is 3. The maximum absolute atomic E-state index is 11.8. The highest BCUT2D eigenvalue weighted by molar-refractivity contribution is 8.00. The highest BCUT2D eigenvalue weighted by atomic mass is 32.2. The van der Waals surface area contributed by atoms with Crippen molar-refractivity contribution in [2.24, 2.45) is 0 Å². The number of carboxylic acids is 1. The van der Waals surface area contributed by atoms with E-state index in [1.165, 1.54) is 0 Å². The first-order valence-electron chi connectivity index (χ1n) is 5.40. The topological polar surface area (TPSA) is 54.4 Å². The molecule has 0 aliphatic rings. The van der Waals surface area contributed by atoms with Crippen LogP contribution in [0.2, 0.25) is 0 Å². The molecular weight excluding hydrogens is 256 g/mol. The highest BCUT2D eigenvalue weighted by Crippen LogP contribution is 2.11. The second kappa shape index (κ2) is 7.50. The zero-order valence-electron chi connectivity index (χ0n) is 9.72. The van der Waals surface area contributed by atoms with Crippen LogP contribution in [0.5, 0.6) is 0 Å². The molecule has 0 saturated heterocycles. The van der Waals surface area contributed by atoms with Gasteiger partial charge >= 0.3 is 5.97 Å². The van der Waals surface area contributed by atoms with Crippen molar-refractivity contribution >= 4 is 28.5 Å². The molecule has 0 fully saturated rings. The van der Waals surface area contributed by atoms with Crippen molar-refractivity contribution in [2.75, 3.05) is 17.3 Å². The quantitative estimate of drug-likeness (QED) is 0.773. The van der Waals surface area contributed by atoms with E-state index < -0.39 is 16.8 Å². The average Bonchev–Trinajstić information content (AvgIpc) is 2.29. The van der Waals surface area contributed by atoms with Gasteiger partial charge in [0.2, 0.25) is 0 Å². The fraction of sp³-hybridized carbons (Fsp3) is 0.417. The Kier molecular flexibility index (Phi) is 6.29. The molecule has 0 spiro atoms. The SMILES string of the molecule is CCSCCS(=O)c1ccc(CC(=O)O)cc1. The Morgan fingerprint density at radius 3 is 2.53 bits per heavy atom. The Morgan fingerprint density at radius 2 is 2.00 bits per heavy atom. The summed E-state index contributed by atoms with van der Waals surface area (Å²) < 4.78 is 11.8. The molecule has 17 heavy (non-hydrogen) atoms. The minimum atomic E-state index is -0.974. The number of aliphatic carboxylic acids is 1. The lowest BCUT2D eigenvalue weighted by molar-refractivity contribution is -0.136. The van der Waals surface area contributed by atoms with Crippen LogP contribution < -0.4 is 0 Å². The van der Waals surface area contributed by atoms with Gasteiger partial charge in [-0.05, 0) is 23.4 Å². The highest BCUT2D eigenvalue weighted by Gasteiger charge is 2.05. The molecule has 3 nitrogen and oxygen atoms in total. The van der Waals surface area contributed by atoms with Gasteiger partial charge in [-0.1, -0.05) is 19.1 Å². The van der Waals surface area contributed by atoms with Crippen molar-refractivity contribution in [1.82, 2.24) is 0 Å². The van der Waals surface area contributed by atoms with Crippen LogP contribution in [0.15, 0.2) is 29.2 Å². The zero-order chi connectivity index (χ0) is 12.7. The third-order valence-corrected chi connectivity index (χ3v) is 4.69. The van der Waals surface area contributed by atoms with Gasteiger partial charge in [-0.2, -0.15) is 11.8 Å². The largest absolute Gasteiger partial charge is 0.481 e. The van der Waals surface area contributed by atoms with Gasteiger partial charge in [-0.25, -0.2) is 0 Å². The van der Waals surface area contributed by atoms with E-state index in [1.807, 2.05) is 0 Å². The summed E-state index contributed by atoms with van der Waals surface area (Å²) in [4.78, 5) is 11.3. The number of hydrogen-bond donors (Lipinski definition) is 1. The molecule has 5 heteroatoms. The molecule has 0 aliphatic heterocycles. The summed E-state index contributed by atoms with van der Waals surface area (Å²) in [6.07, 6.45) is 0.0125. The van der Waals surface area contributed by atoms with Gasteiger partial charge in [0.15, 0.2) is 0 Å². The Balaban J connectivity index is 2.54. The van der Waals surface area contributed by atoms with Crippen molar-refractivity contribution in [3.05, 3.63) is 29.8 Å². The van der Waals surface area contributed by atoms with Gasteiger partial charge in [-0.15, -0.1) is 0 Å². The average molecular weight is 272 g/mol. The van der Waals surface area contributed by atoms with Crippen molar-refractivity contribution in [3.8, 4) is 0 Å². The van der Waals surface area contributed by atoms with Crippen LogP contribution in [0.3, 0.4) is 0 Å². The summed E-state index contributed by atoms with van der Waals surface area (Å²) in [5, 5.41) is 8.63. The second-order valence-corrected chi connectivity index (χ2v) is 6.43.